The van der Waals surface area contributed by atoms with Crippen LogP contribution in [0.1, 0.15) is 42.9 Å². The second kappa shape index (κ2) is 6.95. The first kappa shape index (κ1) is 18.3. The van der Waals surface area contributed by atoms with E-state index in [1.807, 2.05) is 24.3 Å². The highest BCUT2D eigenvalue weighted by Gasteiger charge is 2.46. The van der Waals surface area contributed by atoms with Crippen LogP contribution in [0.3, 0.4) is 0 Å². The summed E-state index contributed by atoms with van der Waals surface area (Å²) >= 11 is 1.55. The first-order valence-electron chi connectivity index (χ1n) is 9.93. The van der Waals surface area contributed by atoms with E-state index in [4.69, 9.17) is 0 Å². The fraction of sp³-hybridized carbons (Fsp3) is 0.304. The summed E-state index contributed by atoms with van der Waals surface area (Å²) < 4.78 is 14.4. The molecule has 3 atom stereocenters. The average molecular weight is 408 g/mol. The van der Waals surface area contributed by atoms with Gasteiger partial charge in [0.2, 0.25) is 5.91 Å². The van der Waals surface area contributed by atoms with Crippen molar-refractivity contribution in [1.82, 2.24) is 15.3 Å². The standard InChI is InChI=1S/C23H22FN3OS/c1-12(2)21(20-9-13-7-8-14(24)10-19(13)29-20)27-23(28)16-11-15(16)22-25-17-5-3-4-6-18(17)26-22/h3-10,12,15-16,21H,11H2,1-2H3,(H,25,26)(H,27,28)/t15-,16?,21+/m0/s1. The van der Waals surface area contributed by atoms with E-state index in [1.54, 1.807) is 23.5 Å². The molecule has 1 unspecified atom stereocenters. The zero-order chi connectivity index (χ0) is 20.1. The fourth-order valence-corrected chi connectivity index (χ4v) is 5.25. The van der Waals surface area contributed by atoms with Gasteiger partial charge in [-0.3, -0.25) is 4.79 Å². The Bertz CT molecular complexity index is 1180. The first-order chi connectivity index (χ1) is 14.0. The van der Waals surface area contributed by atoms with Crippen LogP contribution in [0.2, 0.25) is 0 Å². The van der Waals surface area contributed by atoms with E-state index in [1.165, 1.54) is 6.07 Å². The third-order valence-corrected chi connectivity index (χ3v) is 6.84. The molecular formula is C23H22FN3OS. The molecule has 2 aromatic carbocycles. The van der Waals surface area contributed by atoms with Gasteiger partial charge in [0, 0.05) is 21.4 Å². The predicted octanol–water partition coefficient (Wildman–Crippen LogP) is 5.53. The number of benzene rings is 2. The number of fused-ring (bicyclic) bond motifs is 2. The molecule has 4 nitrogen and oxygen atoms in total. The van der Waals surface area contributed by atoms with Crippen LogP contribution in [0.25, 0.3) is 21.1 Å². The van der Waals surface area contributed by atoms with Crippen molar-refractivity contribution in [3.8, 4) is 0 Å². The molecule has 0 bridgehead atoms. The Morgan fingerprint density at radius 3 is 2.86 bits per heavy atom. The van der Waals surface area contributed by atoms with Gasteiger partial charge in [-0.15, -0.1) is 11.3 Å². The van der Waals surface area contributed by atoms with Gasteiger partial charge in [-0.1, -0.05) is 32.0 Å². The number of hydrogen-bond donors (Lipinski definition) is 2. The Balaban J connectivity index is 1.33. The Labute approximate surface area is 172 Å². The summed E-state index contributed by atoms with van der Waals surface area (Å²) in [5, 5.41) is 4.25. The minimum atomic E-state index is -0.234. The van der Waals surface area contributed by atoms with Gasteiger partial charge in [0.05, 0.1) is 17.1 Å². The number of imidazole rings is 1. The van der Waals surface area contributed by atoms with Crippen molar-refractivity contribution >= 4 is 38.4 Å². The van der Waals surface area contributed by atoms with Crippen LogP contribution in [0.5, 0.6) is 0 Å². The molecule has 1 aliphatic rings. The number of para-hydroxylation sites is 2. The van der Waals surface area contributed by atoms with Gasteiger partial charge in [-0.2, -0.15) is 0 Å². The van der Waals surface area contributed by atoms with E-state index < -0.39 is 0 Å². The third kappa shape index (κ3) is 3.42. The van der Waals surface area contributed by atoms with Crippen LogP contribution in [-0.4, -0.2) is 15.9 Å². The molecule has 29 heavy (non-hydrogen) atoms. The molecule has 2 N–H and O–H groups in total. The summed E-state index contributed by atoms with van der Waals surface area (Å²) in [6, 6.07) is 14.7. The highest BCUT2D eigenvalue weighted by molar-refractivity contribution is 7.19. The molecule has 4 aromatic rings. The largest absolute Gasteiger partial charge is 0.348 e. The lowest BCUT2D eigenvalue weighted by Crippen LogP contribution is -2.32. The van der Waals surface area contributed by atoms with Crippen LogP contribution in [0.15, 0.2) is 48.5 Å². The zero-order valence-corrected chi connectivity index (χ0v) is 17.1. The minimum Gasteiger partial charge on any atom is -0.348 e. The van der Waals surface area contributed by atoms with E-state index in [2.05, 4.69) is 35.2 Å². The smallest absolute Gasteiger partial charge is 0.224 e. The quantitative estimate of drug-likeness (QED) is 0.457. The molecular weight excluding hydrogens is 385 g/mol. The van der Waals surface area contributed by atoms with E-state index >= 15 is 0 Å². The molecule has 148 valence electrons. The normalized spacial score (nSPS) is 19.7. The summed E-state index contributed by atoms with van der Waals surface area (Å²) in [6.07, 6.45) is 0.814. The van der Waals surface area contributed by atoms with Crippen molar-refractivity contribution < 1.29 is 9.18 Å². The van der Waals surface area contributed by atoms with Crippen molar-refractivity contribution in [2.24, 2.45) is 11.8 Å². The molecule has 0 aliphatic heterocycles. The zero-order valence-electron chi connectivity index (χ0n) is 16.3. The van der Waals surface area contributed by atoms with Crippen LogP contribution < -0.4 is 5.32 Å². The van der Waals surface area contributed by atoms with Gasteiger partial charge in [0.15, 0.2) is 0 Å². The van der Waals surface area contributed by atoms with Crippen LogP contribution >= 0.6 is 11.3 Å². The maximum atomic E-state index is 13.5. The molecule has 1 aliphatic carbocycles. The lowest BCUT2D eigenvalue weighted by molar-refractivity contribution is -0.123. The second-order valence-electron chi connectivity index (χ2n) is 8.15. The number of halogens is 1. The molecule has 0 saturated heterocycles. The van der Waals surface area contributed by atoms with E-state index in [0.717, 1.165) is 38.2 Å². The molecule has 5 rings (SSSR count). The number of nitrogens with one attached hydrogen (secondary N) is 2. The maximum Gasteiger partial charge on any atom is 0.224 e. The number of aromatic amines is 1. The van der Waals surface area contributed by atoms with Crippen molar-refractivity contribution in [2.45, 2.75) is 32.2 Å². The van der Waals surface area contributed by atoms with Gasteiger partial charge in [-0.25, -0.2) is 9.37 Å². The maximum absolute atomic E-state index is 13.5. The van der Waals surface area contributed by atoms with Crippen LogP contribution in [-0.2, 0) is 4.79 Å². The molecule has 6 heteroatoms. The number of carbonyl (C=O) groups excluding carboxylic acids is 1. The van der Waals surface area contributed by atoms with E-state index in [9.17, 15) is 9.18 Å². The monoisotopic (exact) mass is 407 g/mol. The molecule has 2 heterocycles. The topological polar surface area (TPSA) is 57.8 Å². The van der Waals surface area contributed by atoms with E-state index in [0.29, 0.717) is 0 Å². The SMILES string of the molecule is CC(C)[C@@H](NC(=O)C1C[C@@H]1c1nc2ccccc2[nH]1)c1cc2ccc(F)cc2s1. The average Bonchev–Trinajstić information content (AvgIpc) is 3.21. The highest BCUT2D eigenvalue weighted by atomic mass is 32.1. The third-order valence-electron chi connectivity index (χ3n) is 5.66. The predicted molar refractivity (Wildman–Crippen MR) is 114 cm³/mol. The lowest BCUT2D eigenvalue weighted by Gasteiger charge is -2.21. The minimum absolute atomic E-state index is 0.0522. The number of H-pyrrole nitrogens is 1. The highest BCUT2D eigenvalue weighted by Crippen LogP contribution is 2.47. The number of nitrogens with zero attached hydrogens (tertiary/aromatic N) is 1. The number of thiophene rings is 1. The van der Waals surface area contributed by atoms with Gasteiger partial charge in [0.1, 0.15) is 11.6 Å². The van der Waals surface area contributed by atoms with Gasteiger partial charge in [-0.05, 0) is 48.1 Å². The van der Waals surface area contributed by atoms with E-state index in [-0.39, 0.29) is 35.5 Å². The molecule has 2 aromatic heterocycles. The summed E-state index contributed by atoms with van der Waals surface area (Å²) in [5.74, 6) is 1.06. The van der Waals surface area contributed by atoms with Crippen molar-refractivity contribution in [3.05, 3.63) is 65.0 Å². The van der Waals surface area contributed by atoms with Gasteiger partial charge in [0.25, 0.3) is 0 Å². The Morgan fingerprint density at radius 1 is 1.24 bits per heavy atom. The molecule has 1 amide bonds. The lowest BCUT2D eigenvalue weighted by atomic mass is 10.0. The number of amides is 1. The number of aromatic nitrogens is 2. The molecule has 0 radical (unpaired) electrons. The van der Waals surface area contributed by atoms with Crippen LogP contribution in [0.4, 0.5) is 4.39 Å². The van der Waals surface area contributed by atoms with Gasteiger partial charge < -0.3 is 10.3 Å². The molecule has 0 spiro atoms. The van der Waals surface area contributed by atoms with Crippen molar-refractivity contribution in [1.29, 1.82) is 0 Å². The van der Waals surface area contributed by atoms with Gasteiger partial charge >= 0.3 is 0 Å². The Kier molecular flexibility index (Phi) is 4.39. The second-order valence-corrected chi connectivity index (χ2v) is 9.26. The van der Waals surface area contributed by atoms with Crippen molar-refractivity contribution in [2.75, 3.05) is 0 Å². The van der Waals surface area contributed by atoms with Crippen LogP contribution in [0, 0.1) is 17.7 Å². The summed E-state index contributed by atoms with van der Waals surface area (Å²) in [5.41, 5.74) is 1.94. The Morgan fingerprint density at radius 2 is 2.07 bits per heavy atom. The number of rotatable bonds is 5. The van der Waals surface area contributed by atoms with Crippen molar-refractivity contribution in [3.63, 3.8) is 0 Å². The summed E-state index contributed by atoms with van der Waals surface area (Å²) in [6.45, 7) is 4.19. The number of hydrogen-bond acceptors (Lipinski definition) is 3. The molecule has 1 fully saturated rings. The first-order valence-corrected chi connectivity index (χ1v) is 10.8. The number of carbonyl (C=O) groups is 1. The fourth-order valence-electron chi connectivity index (χ4n) is 3.94. The summed E-state index contributed by atoms with van der Waals surface area (Å²) in [7, 11) is 0. The Hall–Kier alpha value is -2.73. The summed E-state index contributed by atoms with van der Waals surface area (Å²) in [4.78, 5) is 22.0. The molecule has 1 saturated carbocycles.